The number of aliphatic hydroxyl groups excluding tert-OH is 8. The number of unbranched alkanes of at least 4 members (excludes halogenated alkanes) is 2. The highest BCUT2D eigenvalue weighted by atomic mass is 16.7. The molecule has 6 aliphatic rings. The fraction of sp³-hybridized carbons (Fsp3) is 0.514. The van der Waals surface area contributed by atoms with Crippen LogP contribution in [-0.2, 0) is 41.6 Å². The monoisotopic (exact) mass is 1420 g/mol. The fourth-order valence-corrected chi connectivity index (χ4v) is 12.7. The molecule has 4 amide bonds. The summed E-state index contributed by atoms with van der Waals surface area (Å²) < 4.78 is 63.3. The topological polar surface area (TPSA) is 428 Å². The predicted molar refractivity (Wildman–Crippen MR) is 357 cm³/mol. The molecule has 102 heavy (non-hydrogen) atoms. The Labute approximate surface area is 586 Å². The van der Waals surface area contributed by atoms with E-state index in [1.54, 1.807) is 39.2 Å². The number of aryl methyl sites for hydroxylation is 1. The van der Waals surface area contributed by atoms with Crippen LogP contribution in [0.2, 0.25) is 0 Å². The quantitative estimate of drug-likeness (QED) is 0.0107. The minimum Gasteiger partial charge on any atom is -0.493 e. The molecular weight excluding hydrogens is 1340 g/mol. The third-order valence-electron chi connectivity index (χ3n) is 18.1. The second kappa shape index (κ2) is 34.3. The van der Waals surface area contributed by atoms with Crippen LogP contribution in [0.3, 0.4) is 0 Å². The minimum atomic E-state index is -1.69. The van der Waals surface area contributed by atoms with E-state index in [1.807, 2.05) is 0 Å². The molecule has 2 saturated heterocycles. The van der Waals surface area contributed by atoms with Crippen LogP contribution in [0.15, 0.2) is 89.3 Å². The van der Waals surface area contributed by atoms with Gasteiger partial charge in [-0.2, -0.15) is 0 Å². The highest BCUT2D eigenvalue weighted by molar-refractivity contribution is 6.08. The number of azide groups is 1. The molecule has 4 aromatic carbocycles. The highest BCUT2D eigenvalue weighted by Crippen LogP contribution is 2.44. The number of amides is 4. The van der Waals surface area contributed by atoms with E-state index >= 15 is 0 Å². The fourth-order valence-electron chi connectivity index (χ4n) is 12.7. The van der Waals surface area contributed by atoms with Crippen molar-refractivity contribution < 1.29 is 122 Å². The van der Waals surface area contributed by atoms with Gasteiger partial charge in [0.1, 0.15) is 67.1 Å². The summed E-state index contributed by atoms with van der Waals surface area (Å²) in [5.41, 5.74) is 11.3. The number of Topliss-reactive ketones (excluding diaryl/α,β-unsaturated/α-hetero) is 2. The number of aliphatic hydroxyl groups is 8. The molecule has 0 aromatic heterocycles. The van der Waals surface area contributed by atoms with Gasteiger partial charge in [0.15, 0.2) is 35.5 Å². The van der Waals surface area contributed by atoms with Gasteiger partial charge < -0.3 is 103 Å². The Hall–Kier alpha value is -8.99. The summed E-state index contributed by atoms with van der Waals surface area (Å²) >= 11 is 0. The standard InChI is InChI=1S/C70H85N7O25/c1-37-23-48-65(88)76(69(90)99-33-41-14-16-55(102-68-62(85)60(83)53(81)36-98-68)45(27-41)51(79)12-10-19-94-22-17-72-73-71)46-29-56(39(3)25-42(46)63(86)74(48)31-37)95-20-7-6-8-21-96-58-30-47-43(28-57(58)93-5)64(87)75-32-38(2)24-49(75)66(89)77(47)70(91)100-34-40-13-15-54(44(26-40)50(78)11-9-18-92-4)101-67-61(84)59(82)52(80)35-97-67/h13-16,25-32,48-49,52-53,59-62,65-68,80-85,88-89H,6-12,17-24,33-36H2,1-5H3/t48-,49-,52+,53+,59-,60-,61+,62+,65?,66?,67-,68-/m0/s1. The van der Waals surface area contributed by atoms with Crippen LogP contribution in [0.4, 0.5) is 21.0 Å². The number of nitrogens with zero attached hydrogens (tertiary/aromatic N) is 7. The minimum absolute atomic E-state index is 0.00181. The molecule has 2 unspecified atom stereocenters. The maximum atomic E-state index is 14.5. The molecule has 0 saturated carbocycles. The van der Waals surface area contributed by atoms with Crippen molar-refractivity contribution >= 4 is 46.9 Å². The Balaban J connectivity index is 0.806. The molecule has 12 atom stereocenters. The number of ether oxygens (including phenoxy) is 11. The average molecular weight is 1420 g/mol. The first-order valence-electron chi connectivity index (χ1n) is 33.5. The molecule has 0 spiro atoms. The van der Waals surface area contributed by atoms with Crippen LogP contribution < -0.4 is 33.5 Å². The molecule has 6 heterocycles. The summed E-state index contributed by atoms with van der Waals surface area (Å²) in [6.07, 6.45) is -11.9. The number of rotatable bonds is 30. The maximum absolute atomic E-state index is 14.5. The van der Waals surface area contributed by atoms with Gasteiger partial charge in [-0.05, 0) is 124 Å². The van der Waals surface area contributed by atoms with E-state index in [4.69, 9.17) is 57.6 Å². The lowest BCUT2D eigenvalue weighted by atomic mass is 10.0. The number of carbonyl (C=O) groups is 6. The summed E-state index contributed by atoms with van der Waals surface area (Å²) in [5, 5.41) is 89.5. The molecule has 4 aromatic rings. The van der Waals surface area contributed by atoms with Gasteiger partial charge in [0.25, 0.3) is 11.8 Å². The molecule has 8 N–H and O–H groups in total. The van der Waals surface area contributed by atoms with Gasteiger partial charge in [-0.1, -0.05) is 28.4 Å². The van der Waals surface area contributed by atoms with E-state index in [2.05, 4.69) is 10.0 Å². The summed E-state index contributed by atoms with van der Waals surface area (Å²) in [4.78, 5) is 92.6. The first-order chi connectivity index (χ1) is 49.0. The van der Waals surface area contributed by atoms with Crippen LogP contribution in [0.5, 0.6) is 28.7 Å². The summed E-state index contributed by atoms with van der Waals surface area (Å²) in [7, 11) is 2.88. The summed E-state index contributed by atoms with van der Waals surface area (Å²) in [5.74, 6) is -1.35. The second-order valence-corrected chi connectivity index (χ2v) is 25.5. The van der Waals surface area contributed by atoms with Crippen LogP contribution in [0.25, 0.3) is 10.4 Å². The van der Waals surface area contributed by atoms with E-state index in [9.17, 15) is 69.6 Å². The Morgan fingerprint density at radius 3 is 1.53 bits per heavy atom. The molecule has 550 valence electrons. The predicted octanol–water partition coefficient (Wildman–Crippen LogP) is 5.35. The molecular formula is C70H85N7O25. The molecule has 6 aliphatic heterocycles. The zero-order valence-electron chi connectivity index (χ0n) is 56.9. The Morgan fingerprint density at radius 1 is 0.559 bits per heavy atom. The molecule has 0 aliphatic carbocycles. The van der Waals surface area contributed by atoms with Crippen molar-refractivity contribution in [3.8, 4) is 28.7 Å². The Bertz CT molecular complexity index is 3850. The smallest absolute Gasteiger partial charge is 0.416 e. The zero-order valence-corrected chi connectivity index (χ0v) is 56.9. The number of methoxy groups -OCH3 is 2. The van der Waals surface area contributed by atoms with Gasteiger partial charge in [0.05, 0.1) is 85.9 Å². The van der Waals surface area contributed by atoms with Crippen molar-refractivity contribution in [2.24, 2.45) is 5.11 Å². The third-order valence-corrected chi connectivity index (χ3v) is 18.1. The van der Waals surface area contributed by atoms with Crippen molar-refractivity contribution in [1.29, 1.82) is 0 Å². The zero-order chi connectivity index (χ0) is 73.1. The van der Waals surface area contributed by atoms with E-state index in [0.29, 0.717) is 48.1 Å². The number of benzene rings is 4. The molecule has 0 radical (unpaired) electrons. The first-order valence-corrected chi connectivity index (χ1v) is 33.5. The van der Waals surface area contributed by atoms with Crippen molar-refractivity contribution in [3.05, 3.63) is 134 Å². The van der Waals surface area contributed by atoms with Gasteiger partial charge >= 0.3 is 12.2 Å². The largest absolute Gasteiger partial charge is 0.493 e. The van der Waals surface area contributed by atoms with Crippen LogP contribution in [0.1, 0.15) is 130 Å². The van der Waals surface area contributed by atoms with Gasteiger partial charge in [-0.15, -0.1) is 0 Å². The van der Waals surface area contributed by atoms with E-state index in [-0.39, 0.29) is 142 Å². The maximum Gasteiger partial charge on any atom is 0.416 e. The number of carbonyl (C=O) groups excluding carboxylic acids is 6. The van der Waals surface area contributed by atoms with Crippen LogP contribution in [0, 0.1) is 6.92 Å². The highest BCUT2D eigenvalue weighted by Gasteiger charge is 2.48. The number of hydrogen-bond acceptors (Lipinski definition) is 26. The van der Waals surface area contributed by atoms with Gasteiger partial charge in [0.2, 0.25) is 12.6 Å². The summed E-state index contributed by atoms with van der Waals surface area (Å²) in [6.45, 7) is 4.59. The van der Waals surface area contributed by atoms with Gasteiger partial charge in [-0.3, -0.25) is 19.2 Å². The third kappa shape index (κ3) is 17.2. The average Bonchev–Trinajstić information content (AvgIpc) is 1.60. The van der Waals surface area contributed by atoms with Crippen molar-refractivity contribution in [2.75, 3.05) is 76.8 Å². The van der Waals surface area contributed by atoms with E-state index < -0.39 is 123 Å². The lowest BCUT2D eigenvalue weighted by Crippen LogP contribution is -2.54. The molecule has 0 bridgehead atoms. The van der Waals surface area contributed by atoms with Crippen molar-refractivity contribution in [3.63, 3.8) is 0 Å². The Kier molecular flexibility index (Phi) is 25.5. The number of fused-ring (bicyclic) bond motifs is 4. The lowest BCUT2D eigenvalue weighted by Gasteiger charge is -2.35. The lowest BCUT2D eigenvalue weighted by molar-refractivity contribution is -0.242. The second-order valence-electron chi connectivity index (χ2n) is 25.5. The van der Waals surface area contributed by atoms with Gasteiger partial charge in [0, 0.05) is 69.2 Å². The number of anilines is 2. The Morgan fingerprint density at radius 2 is 1.04 bits per heavy atom. The van der Waals surface area contributed by atoms with Crippen LogP contribution in [-0.4, -0.2) is 227 Å². The SMILES string of the molecule is COCCCC(=O)c1cc(COC(=O)N2c3cc(OCCCCCOc4cc5c(cc4C)C(=O)N4C=C(C)C[C@H]4C(O)N5C(=O)OCc4ccc(O[C@@H]5OC[C@@H](O)[C@H](O)[C@H]5O)c(C(=O)CCCOCCN=[N+]=[N-])c4)c(OC)cc3C(=O)N3C=C(C)C[C@H]3C2O)ccc1O[C@@H]1OC[C@@H](O)[C@H](O)[C@H]1O. The van der Waals surface area contributed by atoms with Crippen molar-refractivity contribution in [1.82, 2.24) is 9.80 Å². The summed E-state index contributed by atoms with van der Waals surface area (Å²) in [6, 6.07) is 12.7. The van der Waals surface area contributed by atoms with E-state index in [1.165, 1.54) is 78.6 Å². The molecule has 32 nitrogen and oxygen atoms in total. The van der Waals surface area contributed by atoms with Crippen LogP contribution >= 0.6 is 0 Å². The molecule has 2 fully saturated rings. The molecule has 10 rings (SSSR count). The number of ketones is 2. The van der Waals surface area contributed by atoms with Crippen molar-refractivity contribution in [2.45, 2.75) is 166 Å². The normalized spacial score (nSPS) is 24.4. The molecule has 32 heteroatoms. The van der Waals surface area contributed by atoms with E-state index in [0.717, 1.165) is 20.9 Å². The first kappa shape index (κ1) is 75.7. The van der Waals surface area contributed by atoms with Gasteiger partial charge in [-0.25, -0.2) is 19.4 Å². The number of hydrogen-bond donors (Lipinski definition) is 8.